The summed E-state index contributed by atoms with van der Waals surface area (Å²) in [4.78, 5) is 8.40. The molecule has 0 atom stereocenters. The number of benzene rings is 2. The average Bonchev–Trinajstić information content (AvgIpc) is 2.64. The topological polar surface area (TPSA) is 57.0 Å². The van der Waals surface area contributed by atoms with Gasteiger partial charge in [-0.25, -0.2) is 9.98 Å². The molecule has 26 heavy (non-hydrogen) atoms. The van der Waals surface area contributed by atoms with Gasteiger partial charge in [0.2, 0.25) is 0 Å². The normalized spacial score (nSPS) is 12.0. The van der Waals surface area contributed by atoms with Crippen molar-refractivity contribution >= 4 is 39.9 Å². The van der Waals surface area contributed by atoms with Gasteiger partial charge >= 0.3 is 0 Å². The van der Waals surface area contributed by atoms with Gasteiger partial charge in [-0.1, -0.05) is 53.7 Å². The molecule has 0 amide bonds. The van der Waals surface area contributed by atoms with E-state index >= 15 is 0 Å². The summed E-state index contributed by atoms with van der Waals surface area (Å²) < 4.78 is 0.853. The zero-order chi connectivity index (χ0) is 18.9. The van der Waals surface area contributed by atoms with Crippen LogP contribution in [0.4, 0.5) is 5.69 Å². The lowest BCUT2D eigenvalue weighted by molar-refractivity contribution is 0.473. The summed E-state index contributed by atoms with van der Waals surface area (Å²) in [5.74, 6) is 0.145. The van der Waals surface area contributed by atoms with Crippen LogP contribution in [-0.4, -0.2) is 17.7 Å². The second-order valence-corrected chi connectivity index (χ2v) is 6.49. The lowest BCUT2D eigenvalue weighted by atomic mass is 10.1. The lowest BCUT2D eigenvalue weighted by Gasteiger charge is -2.12. The molecule has 0 saturated carbocycles. The van der Waals surface area contributed by atoms with Crippen LogP contribution in [-0.2, 0) is 6.42 Å². The van der Waals surface area contributed by atoms with Crippen LogP contribution in [0, 0.1) is 6.92 Å². The van der Waals surface area contributed by atoms with E-state index in [1.807, 2.05) is 12.1 Å². The Balaban J connectivity index is 2.45. The van der Waals surface area contributed by atoms with Crippen molar-refractivity contribution in [3.05, 3.63) is 76.4 Å². The molecular weight excluding hydrogens is 390 g/mol. The van der Waals surface area contributed by atoms with Gasteiger partial charge in [0, 0.05) is 28.1 Å². The number of aliphatic imine (C=N–C) groups is 2. The summed E-state index contributed by atoms with van der Waals surface area (Å²) >= 11 is 3.43. The van der Waals surface area contributed by atoms with E-state index in [0.29, 0.717) is 11.3 Å². The van der Waals surface area contributed by atoms with Gasteiger partial charge in [0.1, 0.15) is 12.1 Å². The Morgan fingerprint density at radius 2 is 2.12 bits per heavy atom. The Hall–Kier alpha value is -2.66. The third kappa shape index (κ3) is 5.17. The molecule has 0 aliphatic carbocycles. The van der Waals surface area contributed by atoms with Crippen molar-refractivity contribution < 1.29 is 5.11 Å². The number of allylic oxidation sites excluding steroid dienone is 1. The Morgan fingerprint density at radius 1 is 1.31 bits per heavy atom. The Bertz CT molecular complexity index is 870. The van der Waals surface area contributed by atoms with E-state index < -0.39 is 0 Å². The van der Waals surface area contributed by atoms with Gasteiger partial charge in [-0.2, -0.15) is 0 Å². The maximum Gasteiger partial charge on any atom is 0.125 e. The molecule has 5 heteroatoms. The third-order valence-corrected chi connectivity index (χ3v) is 4.28. The number of para-hydroxylation sites is 1. The summed E-state index contributed by atoms with van der Waals surface area (Å²) in [5, 5.41) is 13.6. The summed E-state index contributed by atoms with van der Waals surface area (Å²) in [6, 6.07) is 11.4. The first-order chi connectivity index (χ1) is 12.6. The Kier molecular flexibility index (Phi) is 7.36. The molecule has 0 spiro atoms. The number of halogens is 1. The number of hydrogen-bond donors (Lipinski definition) is 2. The number of phenolic OH excluding ortho intramolecular Hbond substituents is 1. The molecule has 0 aliphatic heterocycles. The van der Waals surface area contributed by atoms with Gasteiger partial charge in [0.05, 0.1) is 5.70 Å². The maximum atomic E-state index is 10.2. The molecule has 0 aromatic heterocycles. The monoisotopic (exact) mass is 411 g/mol. The van der Waals surface area contributed by atoms with Gasteiger partial charge in [0.15, 0.2) is 0 Å². The zero-order valence-electron chi connectivity index (χ0n) is 14.9. The third-order valence-electron chi connectivity index (χ3n) is 3.78. The summed E-state index contributed by atoms with van der Waals surface area (Å²) in [6.45, 7) is 7.76. The minimum atomic E-state index is 0.145. The standard InChI is InChI=1S/C21H22BrN3O/c1-4-11-23-14-25-19(18-12-17(22)9-10-20(18)26)13-24-21-15(3)7-6-8-16(21)5-2/h4,6-14,24,26H,1,5H2,2-3H3/b19-13+,23-11?,25-14?. The van der Waals surface area contributed by atoms with Crippen molar-refractivity contribution in [1.29, 1.82) is 0 Å². The second kappa shape index (κ2) is 9.73. The minimum absolute atomic E-state index is 0.145. The van der Waals surface area contributed by atoms with Gasteiger partial charge < -0.3 is 10.4 Å². The number of rotatable bonds is 7. The SMILES string of the molecule is C=CC=NC=N/C(=C/Nc1c(C)cccc1CC)c1cc(Br)ccc1O. The second-order valence-electron chi connectivity index (χ2n) is 5.58. The molecule has 0 radical (unpaired) electrons. The molecule has 2 aromatic rings. The number of nitrogens with one attached hydrogen (secondary N) is 1. The van der Waals surface area contributed by atoms with E-state index in [4.69, 9.17) is 0 Å². The minimum Gasteiger partial charge on any atom is -0.507 e. The maximum absolute atomic E-state index is 10.2. The highest BCUT2D eigenvalue weighted by atomic mass is 79.9. The van der Waals surface area contributed by atoms with Gasteiger partial charge in [0.25, 0.3) is 0 Å². The van der Waals surface area contributed by atoms with Crippen LogP contribution < -0.4 is 5.32 Å². The highest BCUT2D eigenvalue weighted by Crippen LogP contribution is 2.30. The number of hydrogen-bond acceptors (Lipinski definition) is 3. The smallest absolute Gasteiger partial charge is 0.125 e. The van der Waals surface area contributed by atoms with Gasteiger partial charge in [-0.3, -0.25) is 0 Å². The van der Waals surface area contributed by atoms with Crippen molar-refractivity contribution in [1.82, 2.24) is 0 Å². The number of aryl methyl sites for hydroxylation is 2. The number of nitrogens with zero attached hydrogens (tertiary/aromatic N) is 2. The van der Waals surface area contributed by atoms with Crippen molar-refractivity contribution in [2.45, 2.75) is 20.3 Å². The first-order valence-corrected chi connectivity index (χ1v) is 9.07. The Morgan fingerprint density at radius 3 is 2.85 bits per heavy atom. The summed E-state index contributed by atoms with van der Waals surface area (Å²) in [6.07, 6.45) is 7.25. The van der Waals surface area contributed by atoms with Crippen LogP contribution in [0.5, 0.6) is 5.75 Å². The molecule has 0 bridgehead atoms. The first-order valence-electron chi connectivity index (χ1n) is 8.27. The zero-order valence-corrected chi connectivity index (χ0v) is 16.5. The van der Waals surface area contributed by atoms with Crippen LogP contribution in [0.2, 0.25) is 0 Å². The van der Waals surface area contributed by atoms with E-state index in [1.165, 1.54) is 11.9 Å². The van der Waals surface area contributed by atoms with Gasteiger partial charge in [-0.15, -0.1) is 0 Å². The average molecular weight is 412 g/mol. The van der Waals surface area contributed by atoms with E-state index in [0.717, 1.165) is 22.1 Å². The lowest BCUT2D eigenvalue weighted by Crippen LogP contribution is -1.98. The summed E-state index contributed by atoms with van der Waals surface area (Å²) in [5.41, 5.74) is 4.57. The molecule has 0 aliphatic rings. The van der Waals surface area contributed by atoms with Crippen LogP contribution in [0.3, 0.4) is 0 Å². The molecule has 2 aromatic carbocycles. The van der Waals surface area contributed by atoms with Crippen molar-refractivity contribution in [3.8, 4) is 5.75 Å². The van der Waals surface area contributed by atoms with Crippen molar-refractivity contribution in [2.24, 2.45) is 9.98 Å². The van der Waals surface area contributed by atoms with Gasteiger partial charge in [-0.05, 0) is 42.7 Å². The fourth-order valence-corrected chi connectivity index (χ4v) is 2.82. The molecule has 4 nitrogen and oxygen atoms in total. The summed E-state index contributed by atoms with van der Waals surface area (Å²) in [7, 11) is 0. The van der Waals surface area contributed by atoms with Crippen LogP contribution in [0.25, 0.3) is 5.70 Å². The molecule has 0 unspecified atom stereocenters. The highest BCUT2D eigenvalue weighted by Gasteiger charge is 2.08. The molecule has 2 rings (SSSR count). The largest absolute Gasteiger partial charge is 0.507 e. The first kappa shape index (κ1) is 19.7. The Labute approximate surface area is 162 Å². The predicted octanol–water partition coefficient (Wildman–Crippen LogP) is 5.72. The predicted molar refractivity (Wildman–Crippen MR) is 115 cm³/mol. The number of phenols is 1. The van der Waals surface area contributed by atoms with Crippen LogP contribution in [0.1, 0.15) is 23.6 Å². The molecule has 0 heterocycles. The molecule has 0 fully saturated rings. The van der Waals surface area contributed by atoms with Crippen LogP contribution >= 0.6 is 15.9 Å². The van der Waals surface area contributed by atoms with Crippen LogP contribution in [0.15, 0.2) is 69.7 Å². The highest BCUT2D eigenvalue weighted by molar-refractivity contribution is 9.10. The number of aromatic hydroxyl groups is 1. The fourth-order valence-electron chi connectivity index (χ4n) is 2.46. The van der Waals surface area contributed by atoms with E-state index in [1.54, 1.807) is 30.6 Å². The van der Waals surface area contributed by atoms with Crippen molar-refractivity contribution in [2.75, 3.05) is 5.32 Å². The van der Waals surface area contributed by atoms with E-state index in [2.05, 4.69) is 63.8 Å². The fraction of sp³-hybridized carbons (Fsp3) is 0.143. The molecule has 0 saturated heterocycles. The number of anilines is 1. The molecule has 134 valence electrons. The van der Waals surface area contributed by atoms with E-state index in [-0.39, 0.29) is 5.75 Å². The van der Waals surface area contributed by atoms with E-state index in [9.17, 15) is 5.11 Å². The van der Waals surface area contributed by atoms with Crippen molar-refractivity contribution in [3.63, 3.8) is 0 Å². The quantitative estimate of drug-likeness (QED) is 0.451. The molecular formula is C21H22BrN3O. The molecule has 2 N–H and O–H groups in total.